The van der Waals surface area contributed by atoms with Crippen LogP contribution in [0.15, 0.2) is 34.1 Å². The summed E-state index contributed by atoms with van der Waals surface area (Å²) in [6, 6.07) is 7.28. The summed E-state index contributed by atoms with van der Waals surface area (Å²) in [5.74, 6) is 1.60. The van der Waals surface area contributed by atoms with E-state index in [1.165, 1.54) is 11.8 Å². The van der Waals surface area contributed by atoms with Crippen molar-refractivity contribution in [2.24, 2.45) is 16.6 Å². The van der Waals surface area contributed by atoms with Gasteiger partial charge < -0.3 is 10.7 Å². The molecule has 0 aliphatic rings. The fourth-order valence-corrected chi connectivity index (χ4v) is 2.25. The second kappa shape index (κ2) is 6.56. The van der Waals surface area contributed by atoms with Gasteiger partial charge in [0.05, 0.1) is 16.7 Å². The lowest BCUT2D eigenvalue weighted by molar-refractivity contribution is 0.666. The van der Waals surface area contributed by atoms with E-state index in [0.717, 1.165) is 0 Å². The van der Waals surface area contributed by atoms with Crippen LogP contribution in [0, 0.1) is 5.92 Å². The SMILES string of the molecule is CC(C)CN=C(N)SCc1nc2ccccc2c(=O)[nH]1. The number of H-pyrrole nitrogens is 1. The number of hydrogen-bond donors (Lipinski definition) is 2. The van der Waals surface area contributed by atoms with E-state index >= 15 is 0 Å². The predicted molar refractivity (Wildman–Crippen MR) is 85.0 cm³/mol. The van der Waals surface area contributed by atoms with Crippen LogP contribution >= 0.6 is 11.8 Å². The number of thioether (sulfide) groups is 1. The third-order valence-electron chi connectivity index (χ3n) is 2.63. The highest BCUT2D eigenvalue weighted by atomic mass is 32.2. The number of aromatic amines is 1. The molecule has 2 aromatic rings. The molecule has 1 aromatic carbocycles. The van der Waals surface area contributed by atoms with Crippen LogP contribution in [0.2, 0.25) is 0 Å². The first-order chi connectivity index (χ1) is 9.56. The molecule has 1 aromatic heterocycles. The van der Waals surface area contributed by atoms with E-state index < -0.39 is 0 Å². The average Bonchev–Trinajstić information content (AvgIpc) is 2.43. The van der Waals surface area contributed by atoms with Crippen molar-refractivity contribution < 1.29 is 0 Å². The lowest BCUT2D eigenvalue weighted by atomic mass is 10.2. The van der Waals surface area contributed by atoms with Gasteiger partial charge >= 0.3 is 0 Å². The molecule has 0 fully saturated rings. The molecule has 20 heavy (non-hydrogen) atoms. The van der Waals surface area contributed by atoms with E-state index in [0.29, 0.717) is 40.1 Å². The van der Waals surface area contributed by atoms with Crippen LogP contribution in [0.4, 0.5) is 0 Å². The number of nitrogens with one attached hydrogen (secondary N) is 1. The van der Waals surface area contributed by atoms with E-state index in [2.05, 4.69) is 28.8 Å². The Morgan fingerprint density at radius 2 is 2.20 bits per heavy atom. The van der Waals surface area contributed by atoms with Gasteiger partial charge in [0.1, 0.15) is 5.82 Å². The summed E-state index contributed by atoms with van der Waals surface area (Å²) in [7, 11) is 0. The number of aromatic nitrogens is 2. The van der Waals surface area contributed by atoms with Crippen LogP contribution in [-0.4, -0.2) is 21.7 Å². The summed E-state index contributed by atoms with van der Waals surface area (Å²) in [6.07, 6.45) is 0. The molecule has 0 saturated heterocycles. The van der Waals surface area contributed by atoms with Gasteiger partial charge in [-0.1, -0.05) is 37.7 Å². The first-order valence-electron chi connectivity index (χ1n) is 6.47. The van der Waals surface area contributed by atoms with Gasteiger partial charge in [0.2, 0.25) is 0 Å². The third-order valence-corrected chi connectivity index (χ3v) is 3.47. The monoisotopic (exact) mass is 290 g/mol. The minimum absolute atomic E-state index is 0.121. The minimum Gasteiger partial charge on any atom is -0.379 e. The molecule has 0 atom stereocenters. The van der Waals surface area contributed by atoms with Crippen molar-refractivity contribution in [1.29, 1.82) is 0 Å². The second-order valence-electron chi connectivity index (χ2n) is 4.89. The molecule has 3 N–H and O–H groups in total. The maximum Gasteiger partial charge on any atom is 0.258 e. The molecular weight excluding hydrogens is 272 g/mol. The molecule has 1 heterocycles. The largest absolute Gasteiger partial charge is 0.379 e. The topological polar surface area (TPSA) is 84.1 Å². The second-order valence-corrected chi connectivity index (χ2v) is 5.89. The Labute approximate surface area is 121 Å². The zero-order valence-electron chi connectivity index (χ0n) is 11.6. The van der Waals surface area contributed by atoms with Crippen LogP contribution in [-0.2, 0) is 5.75 Å². The van der Waals surface area contributed by atoms with Crippen LogP contribution in [0.5, 0.6) is 0 Å². The van der Waals surface area contributed by atoms with E-state index in [1.807, 2.05) is 18.2 Å². The van der Waals surface area contributed by atoms with Gasteiger partial charge in [-0.2, -0.15) is 0 Å². The zero-order valence-corrected chi connectivity index (χ0v) is 12.4. The van der Waals surface area contributed by atoms with Crippen LogP contribution in [0.3, 0.4) is 0 Å². The highest BCUT2D eigenvalue weighted by Gasteiger charge is 2.04. The average molecular weight is 290 g/mol. The molecular formula is C14H18N4OS. The number of fused-ring (bicyclic) bond motifs is 1. The van der Waals surface area contributed by atoms with Crippen molar-refractivity contribution in [2.75, 3.05) is 6.54 Å². The summed E-state index contributed by atoms with van der Waals surface area (Å²) >= 11 is 1.38. The molecule has 106 valence electrons. The summed E-state index contributed by atoms with van der Waals surface area (Å²) in [4.78, 5) is 23.3. The molecule has 5 nitrogen and oxygen atoms in total. The lowest BCUT2D eigenvalue weighted by Crippen LogP contribution is -2.13. The van der Waals surface area contributed by atoms with Gasteiger partial charge in [-0.3, -0.25) is 9.79 Å². The third kappa shape index (κ3) is 3.84. The summed E-state index contributed by atoms with van der Waals surface area (Å²) in [5.41, 5.74) is 6.39. The van der Waals surface area contributed by atoms with Crippen molar-refractivity contribution in [2.45, 2.75) is 19.6 Å². The van der Waals surface area contributed by atoms with Gasteiger partial charge in [-0.05, 0) is 18.1 Å². The number of hydrogen-bond acceptors (Lipinski definition) is 4. The summed E-state index contributed by atoms with van der Waals surface area (Å²) in [6.45, 7) is 4.88. The molecule has 6 heteroatoms. The van der Waals surface area contributed by atoms with Crippen LogP contribution < -0.4 is 11.3 Å². The Morgan fingerprint density at radius 1 is 1.45 bits per heavy atom. The normalized spacial score (nSPS) is 12.2. The molecule has 0 saturated carbocycles. The van der Waals surface area contributed by atoms with Gasteiger partial charge in [-0.15, -0.1) is 0 Å². The molecule has 0 unspecified atom stereocenters. The van der Waals surface area contributed by atoms with E-state index in [9.17, 15) is 4.79 Å². The van der Waals surface area contributed by atoms with Crippen molar-refractivity contribution in [3.8, 4) is 0 Å². The number of amidine groups is 1. The zero-order chi connectivity index (χ0) is 14.5. The van der Waals surface area contributed by atoms with Gasteiger partial charge in [0.25, 0.3) is 5.56 Å². The van der Waals surface area contributed by atoms with Crippen LogP contribution in [0.1, 0.15) is 19.7 Å². The number of aliphatic imine (C=N–C) groups is 1. The molecule has 0 amide bonds. The molecule has 0 bridgehead atoms. The first kappa shape index (κ1) is 14.6. The van der Waals surface area contributed by atoms with Crippen molar-refractivity contribution in [1.82, 2.24) is 9.97 Å². The quantitative estimate of drug-likeness (QED) is 0.667. The highest BCUT2D eigenvalue weighted by Crippen LogP contribution is 2.11. The lowest BCUT2D eigenvalue weighted by Gasteiger charge is -2.04. The van der Waals surface area contributed by atoms with E-state index in [1.54, 1.807) is 6.07 Å². The number of nitrogens with two attached hydrogens (primary N) is 1. The molecule has 0 aliphatic carbocycles. The smallest absolute Gasteiger partial charge is 0.258 e. The summed E-state index contributed by atoms with van der Waals surface area (Å²) in [5, 5.41) is 1.12. The number of nitrogens with zero attached hydrogens (tertiary/aromatic N) is 2. The van der Waals surface area contributed by atoms with E-state index in [4.69, 9.17) is 5.73 Å². The van der Waals surface area contributed by atoms with E-state index in [-0.39, 0.29) is 5.56 Å². The van der Waals surface area contributed by atoms with Gasteiger partial charge in [-0.25, -0.2) is 4.98 Å². The Kier molecular flexibility index (Phi) is 4.79. The van der Waals surface area contributed by atoms with Crippen molar-refractivity contribution in [3.63, 3.8) is 0 Å². The molecule has 0 radical (unpaired) electrons. The Bertz CT molecular complexity index is 678. The summed E-state index contributed by atoms with van der Waals surface area (Å²) < 4.78 is 0. The van der Waals surface area contributed by atoms with Gasteiger partial charge in [0.15, 0.2) is 5.17 Å². The minimum atomic E-state index is -0.121. The molecule has 0 aliphatic heterocycles. The Morgan fingerprint density at radius 3 is 2.95 bits per heavy atom. The number of benzene rings is 1. The van der Waals surface area contributed by atoms with Gasteiger partial charge in [0, 0.05) is 6.54 Å². The predicted octanol–water partition coefficient (Wildman–Crippen LogP) is 2.13. The highest BCUT2D eigenvalue weighted by molar-refractivity contribution is 8.13. The number of rotatable bonds is 4. The van der Waals surface area contributed by atoms with Crippen molar-refractivity contribution in [3.05, 3.63) is 40.4 Å². The molecule has 2 rings (SSSR count). The Hall–Kier alpha value is -1.82. The number of para-hydroxylation sites is 1. The molecule has 0 spiro atoms. The van der Waals surface area contributed by atoms with Crippen molar-refractivity contribution >= 4 is 27.8 Å². The maximum absolute atomic E-state index is 11.9. The first-order valence-corrected chi connectivity index (χ1v) is 7.45. The maximum atomic E-state index is 11.9. The standard InChI is InChI=1S/C14H18N4OS/c1-9(2)7-16-14(15)20-8-12-17-11-6-4-3-5-10(11)13(19)18-12/h3-6,9H,7-8H2,1-2H3,(H2,15,16)(H,17,18,19). The Balaban J connectivity index is 2.11. The fraction of sp³-hybridized carbons (Fsp3) is 0.357. The van der Waals surface area contributed by atoms with Crippen LogP contribution in [0.25, 0.3) is 10.9 Å². The fourth-order valence-electron chi connectivity index (χ4n) is 1.66.